The van der Waals surface area contributed by atoms with E-state index in [1.165, 1.54) is 26.2 Å². The summed E-state index contributed by atoms with van der Waals surface area (Å²) >= 11 is 0. The summed E-state index contributed by atoms with van der Waals surface area (Å²) in [5.74, 6) is 0.818. The minimum atomic E-state index is -0.314. The normalized spacial score (nSPS) is 12.6. The summed E-state index contributed by atoms with van der Waals surface area (Å²) in [6.45, 7) is 0.439. The molecule has 0 unspecified atom stereocenters. The molecule has 30 heavy (non-hydrogen) atoms. The Morgan fingerprint density at radius 1 is 0.900 bits per heavy atom. The zero-order valence-electron chi connectivity index (χ0n) is 17.2. The molecule has 2 aromatic rings. The predicted octanol–water partition coefficient (Wildman–Crippen LogP) is 2.41. The molecule has 0 radical (unpaired) electrons. The van der Waals surface area contributed by atoms with Crippen molar-refractivity contribution < 1.29 is 28.6 Å². The maximum atomic E-state index is 12.3. The van der Waals surface area contributed by atoms with Crippen LogP contribution in [-0.2, 0) is 11.3 Å². The third-order valence-electron chi connectivity index (χ3n) is 4.93. The number of nitrogens with zero attached hydrogens (tertiary/aromatic N) is 1. The van der Waals surface area contributed by atoms with Crippen LogP contribution in [0.5, 0.6) is 17.2 Å². The Kier molecular flexibility index (Phi) is 6.56. The molecule has 1 aliphatic heterocycles. The van der Waals surface area contributed by atoms with Crippen LogP contribution in [0.4, 0.5) is 0 Å². The standard InChI is InChI=1S/C22H24N2O6/c1-28-17-12-19(30-3)18(29-2)11-14(17)13-23-20(25)9-6-10-24-21(26)15-7-4-5-8-16(15)22(24)27/h4-5,7-8,11-12H,6,9-10,13H2,1-3H3,(H,23,25). The largest absolute Gasteiger partial charge is 0.496 e. The molecule has 0 fully saturated rings. The van der Waals surface area contributed by atoms with Crippen molar-refractivity contribution in [3.63, 3.8) is 0 Å². The number of nitrogens with one attached hydrogen (secondary N) is 1. The molecule has 3 rings (SSSR count). The van der Waals surface area contributed by atoms with Gasteiger partial charge in [0.2, 0.25) is 5.91 Å². The number of methoxy groups -OCH3 is 3. The average Bonchev–Trinajstić information content (AvgIpc) is 3.02. The molecule has 0 bridgehead atoms. The zero-order chi connectivity index (χ0) is 21.7. The first-order chi connectivity index (χ1) is 14.5. The molecular formula is C22H24N2O6. The predicted molar refractivity (Wildman–Crippen MR) is 109 cm³/mol. The van der Waals surface area contributed by atoms with E-state index in [1.54, 1.807) is 36.4 Å². The summed E-state index contributed by atoms with van der Waals surface area (Å²) in [6, 6.07) is 10.2. The van der Waals surface area contributed by atoms with Crippen LogP contribution in [0.25, 0.3) is 0 Å². The van der Waals surface area contributed by atoms with Gasteiger partial charge in [0.05, 0.1) is 32.5 Å². The number of fused-ring (bicyclic) bond motifs is 1. The van der Waals surface area contributed by atoms with E-state index in [4.69, 9.17) is 14.2 Å². The van der Waals surface area contributed by atoms with Gasteiger partial charge in [0.25, 0.3) is 11.8 Å². The first-order valence-corrected chi connectivity index (χ1v) is 9.51. The van der Waals surface area contributed by atoms with Crippen LogP contribution in [0.2, 0.25) is 0 Å². The number of ether oxygens (including phenoxy) is 3. The molecule has 1 heterocycles. The van der Waals surface area contributed by atoms with Gasteiger partial charge in [-0.05, 0) is 24.6 Å². The van der Waals surface area contributed by atoms with Crippen LogP contribution in [0.15, 0.2) is 36.4 Å². The van der Waals surface area contributed by atoms with E-state index in [9.17, 15) is 14.4 Å². The van der Waals surface area contributed by atoms with Crippen molar-refractivity contribution in [3.05, 3.63) is 53.1 Å². The SMILES string of the molecule is COc1cc(OC)c(OC)cc1CNC(=O)CCCN1C(=O)c2ccccc2C1=O. The molecule has 8 heteroatoms. The van der Waals surface area contributed by atoms with Crippen LogP contribution < -0.4 is 19.5 Å². The van der Waals surface area contributed by atoms with Gasteiger partial charge in [0.15, 0.2) is 11.5 Å². The highest BCUT2D eigenvalue weighted by Gasteiger charge is 2.34. The molecular weight excluding hydrogens is 388 g/mol. The maximum absolute atomic E-state index is 12.3. The van der Waals surface area contributed by atoms with Crippen LogP contribution in [0, 0.1) is 0 Å². The summed E-state index contributed by atoms with van der Waals surface area (Å²) in [7, 11) is 4.60. The van der Waals surface area contributed by atoms with Crippen molar-refractivity contribution in [3.8, 4) is 17.2 Å². The minimum absolute atomic E-state index is 0.184. The summed E-state index contributed by atoms with van der Waals surface area (Å²) in [5, 5.41) is 2.82. The molecule has 0 aliphatic carbocycles. The summed E-state index contributed by atoms with van der Waals surface area (Å²) < 4.78 is 15.9. The van der Waals surface area contributed by atoms with Crippen molar-refractivity contribution >= 4 is 17.7 Å². The second-order valence-electron chi connectivity index (χ2n) is 6.71. The van der Waals surface area contributed by atoms with E-state index in [2.05, 4.69) is 5.32 Å². The Morgan fingerprint density at radius 3 is 2.03 bits per heavy atom. The lowest BCUT2D eigenvalue weighted by Crippen LogP contribution is -2.32. The Hall–Kier alpha value is -3.55. The fourth-order valence-corrected chi connectivity index (χ4v) is 3.35. The molecule has 0 atom stereocenters. The molecule has 0 saturated carbocycles. The lowest BCUT2D eigenvalue weighted by molar-refractivity contribution is -0.121. The summed E-state index contributed by atoms with van der Waals surface area (Å²) in [5.41, 5.74) is 1.56. The Balaban J connectivity index is 1.53. The van der Waals surface area contributed by atoms with Crippen LogP contribution in [0.1, 0.15) is 39.1 Å². The van der Waals surface area contributed by atoms with Gasteiger partial charge >= 0.3 is 0 Å². The van der Waals surface area contributed by atoms with Gasteiger partial charge in [-0.15, -0.1) is 0 Å². The smallest absolute Gasteiger partial charge is 0.261 e. The number of hydrogen-bond donors (Lipinski definition) is 1. The summed E-state index contributed by atoms with van der Waals surface area (Å²) in [6.07, 6.45) is 0.559. The van der Waals surface area contributed by atoms with Crippen LogP contribution in [-0.4, -0.2) is 50.5 Å². The third kappa shape index (κ3) is 4.22. The van der Waals surface area contributed by atoms with Gasteiger partial charge in [-0.3, -0.25) is 19.3 Å². The van der Waals surface area contributed by atoms with Crippen molar-refractivity contribution in [2.24, 2.45) is 0 Å². The van der Waals surface area contributed by atoms with Gasteiger partial charge < -0.3 is 19.5 Å². The Bertz CT molecular complexity index is 937. The topological polar surface area (TPSA) is 94.2 Å². The number of benzene rings is 2. The molecule has 0 saturated heterocycles. The van der Waals surface area contributed by atoms with E-state index < -0.39 is 0 Å². The van der Waals surface area contributed by atoms with Gasteiger partial charge in [-0.25, -0.2) is 0 Å². The molecule has 0 aromatic heterocycles. The number of imide groups is 1. The van der Waals surface area contributed by atoms with Crippen LogP contribution >= 0.6 is 0 Å². The second-order valence-corrected chi connectivity index (χ2v) is 6.71. The number of rotatable bonds is 9. The number of carbonyl (C=O) groups is 3. The number of hydrogen-bond acceptors (Lipinski definition) is 6. The van der Waals surface area contributed by atoms with Gasteiger partial charge in [0.1, 0.15) is 5.75 Å². The van der Waals surface area contributed by atoms with Crippen molar-refractivity contribution in [2.45, 2.75) is 19.4 Å². The number of amides is 3. The van der Waals surface area contributed by atoms with E-state index in [-0.39, 0.29) is 37.2 Å². The van der Waals surface area contributed by atoms with E-state index >= 15 is 0 Å². The minimum Gasteiger partial charge on any atom is -0.496 e. The van der Waals surface area contributed by atoms with E-state index in [0.29, 0.717) is 34.8 Å². The molecule has 8 nitrogen and oxygen atoms in total. The van der Waals surface area contributed by atoms with Crippen molar-refractivity contribution in [1.29, 1.82) is 0 Å². The van der Waals surface area contributed by atoms with Crippen molar-refractivity contribution in [1.82, 2.24) is 10.2 Å². The third-order valence-corrected chi connectivity index (χ3v) is 4.93. The van der Waals surface area contributed by atoms with Crippen LogP contribution in [0.3, 0.4) is 0 Å². The first-order valence-electron chi connectivity index (χ1n) is 9.51. The second kappa shape index (κ2) is 9.30. The number of carbonyl (C=O) groups excluding carboxylic acids is 3. The molecule has 158 valence electrons. The highest BCUT2D eigenvalue weighted by atomic mass is 16.5. The fraction of sp³-hybridized carbons (Fsp3) is 0.318. The Morgan fingerprint density at radius 2 is 1.47 bits per heavy atom. The monoisotopic (exact) mass is 412 g/mol. The quantitative estimate of drug-likeness (QED) is 0.636. The molecule has 0 spiro atoms. The molecule has 3 amide bonds. The van der Waals surface area contributed by atoms with E-state index in [1.807, 2.05) is 0 Å². The maximum Gasteiger partial charge on any atom is 0.261 e. The first kappa shape index (κ1) is 21.2. The van der Waals surface area contributed by atoms with Gasteiger partial charge in [-0.2, -0.15) is 0 Å². The Labute approximate surface area is 174 Å². The molecule has 1 aliphatic rings. The molecule has 1 N–H and O–H groups in total. The highest BCUT2D eigenvalue weighted by Crippen LogP contribution is 2.34. The highest BCUT2D eigenvalue weighted by molar-refractivity contribution is 6.21. The van der Waals surface area contributed by atoms with Crippen molar-refractivity contribution in [2.75, 3.05) is 27.9 Å². The zero-order valence-corrected chi connectivity index (χ0v) is 17.2. The summed E-state index contributed by atoms with van der Waals surface area (Å²) in [4.78, 5) is 38.1. The van der Waals surface area contributed by atoms with Gasteiger partial charge in [-0.1, -0.05) is 12.1 Å². The fourth-order valence-electron chi connectivity index (χ4n) is 3.35. The van der Waals surface area contributed by atoms with Gasteiger partial charge in [0, 0.05) is 31.1 Å². The lowest BCUT2D eigenvalue weighted by atomic mass is 10.1. The van der Waals surface area contributed by atoms with E-state index in [0.717, 1.165) is 5.56 Å². The average molecular weight is 412 g/mol. The lowest BCUT2D eigenvalue weighted by Gasteiger charge is -2.15. The molecule has 2 aromatic carbocycles.